The van der Waals surface area contributed by atoms with E-state index in [-0.39, 0.29) is 50.7 Å². The standard InChI is InChI=1S/C49H58N2O13/c1-24-16-18-32(19-17-24)48(59)63-44-30(7)45-36-34-35(44)41(55)37(38(42(34)56)51-21-11-12-22-51)50-47(58)26(3)15-13-14-25(2)39(53)28(5)40(54)29(6)43(62-31(8)52)27(4)33(60-10)20-23-61-49(9,64-45)46(36)57/h13-20,23,25,27-29,33,39-40,43,53-54H,11-12,21-22H2,1-10H3,(H,50,58)/b14-13+,23-20+,26-15-/t25-,27+,28+,29-,33-,39-,40-,43+,49-/m0/s1. The molecule has 3 N–H and O–H groups in total. The number of amides is 1. The maximum absolute atomic E-state index is 15.1. The molecule has 0 aromatic heterocycles. The van der Waals surface area contributed by atoms with Gasteiger partial charge in [0.05, 0.1) is 46.8 Å². The van der Waals surface area contributed by atoms with Gasteiger partial charge in [-0.15, -0.1) is 0 Å². The Hall–Kier alpha value is -5.90. The molecule has 7 rings (SSSR count). The number of ketones is 3. The monoisotopic (exact) mass is 882 g/mol. The van der Waals surface area contributed by atoms with Crippen LogP contribution >= 0.6 is 0 Å². The molecule has 1 amide bonds. The van der Waals surface area contributed by atoms with Crippen LogP contribution in [-0.2, 0) is 23.8 Å². The van der Waals surface area contributed by atoms with E-state index < -0.39 is 94.6 Å². The number of ether oxygens (including phenoxy) is 5. The lowest BCUT2D eigenvalue weighted by molar-refractivity contribution is -0.160. The number of carbonyl (C=O) groups excluding carboxylic acids is 6. The van der Waals surface area contributed by atoms with Crippen LogP contribution in [0.5, 0.6) is 11.5 Å². The third-order valence-electron chi connectivity index (χ3n) is 12.8. The SMILES string of the molecule is CO[C@H]1/C=C/O[C@@]2(C)Oc3c(C)c(OC(=O)c4ccc(C)cc4)c4c(c3C2=O)C(=O)C(N2CCCC2)=C(NC(=O)/C(C)=C\C=C\[C@H](C)[C@H](O)[C@@H](C)[C@H](O)[C@H](C)[C@H](OC(C)=O)[C@@H]1C)C4=O. The first kappa shape index (κ1) is 47.6. The van der Waals surface area contributed by atoms with Crippen molar-refractivity contribution in [3.05, 3.63) is 105 Å². The summed E-state index contributed by atoms with van der Waals surface area (Å²) in [6.45, 7) is 15.1. The molecule has 1 saturated heterocycles. The maximum atomic E-state index is 15.1. The highest BCUT2D eigenvalue weighted by molar-refractivity contribution is 6.32. The van der Waals surface area contributed by atoms with Gasteiger partial charge in [-0.1, -0.05) is 63.6 Å². The Labute approximate surface area is 373 Å². The second-order valence-electron chi connectivity index (χ2n) is 17.4. The molecule has 1 fully saturated rings. The number of nitrogens with zero attached hydrogens (tertiary/aromatic N) is 1. The lowest BCUT2D eigenvalue weighted by Gasteiger charge is -2.38. The van der Waals surface area contributed by atoms with Crippen LogP contribution in [0.3, 0.4) is 0 Å². The van der Waals surface area contributed by atoms with Crippen LogP contribution in [-0.4, -0.2) is 101 Å². The molecule has 0 radical (unpaired) electrons. The summed E-state index contributed by atoms with van der Waals surface area (Å²) in [5.74, 6) is -9.78. The summed E-state index contributed by atoms with van der Waals surface area (Å²) in [6.07, 6.45) is 4.79. The van der Waals surface area contributed by atoms with Crippen LogP contribution < -0.4 is 14.8 Å². The fourth-order valence-electron chi connectivity index (χ4n) is 8.87. The fraction of sp³-hybridized carbons (Fsp3) is 0.469. The van der Waals surface area contributed by atoms with Crippen molar-refractivity contribution in [2.24, 2.45) is 23.7 Å². The minimum atomic E-state index is -2.13. The minimum Gasteiger partial charge on any atom is -0.462 e. The molecular weight excluding hydrogens is 825 g/mol. The Morgan fingerprint density at radius 2 is 1.52 bits per heavy atom. The molecule has 0 unspecified atom stereocenters. The van der Waals surface area contributed by atoms with Gasteiger partial charge in [-0.05, 0) is 51.8 Å². The maximum Gasteiger partial charge on any atom is 0.343 e. The normalized spacial score (nSPS) is 30.8. The predicted molar refractivity (Wildman–Crippen MR) is 233 cm³/mol. The van der Waals surface area contributed by atoms with Gasteiger partial charge in [0, 0.05) is 68.9 Å². The Balaban J connectivity index is 1.55. The van der Waals surface area contributed by atoms with Crippen molar-refractivity contribution in [1.29, 1.82) is 0 Å². The van der Waals surface area contributed by atoms with Crippen LogP contribution in [0.15, 0.2) is 71.8 Å². The van der Waals surface area contributed by atoms with E-state index in [9.17, 15) is 29.4 Å². The number of methoxy groups -OCH3 is 1. The number of benzene rings is 2. The minimum absolute atomic E-state index is 0.0488. The van der Waals surface area contributed by atoms with Gasteiger partial charge in [0.15, 0.2) is 0 Å². The Kier molecular flexibility index (Phi) is 14.2. The van der Waals surface area contributed by atoms with Gasteiger partial charge in [0.1, 0.15) is 29.0 Å². The van der Waals surface area contributed by atoms with Crippen molar-refractivity contribution < 1.29 is 62.7 Å². The summed E-state index contributed by atoms with van der Waals surface area (Å²) in [5, 5.41) is 25.7. The highest BCUT2D eigenvalue weighted by Crippen LogP contribution is 2.50. The van der Waals surface area contributed by atoms with E-state index in [4.69, 9.17) is 23.7 Å². The lowest BCUT2D eigenvalue weighted by Crippen LogP contribution is -2.46. The van der Waals surface area contributed by atoms with E-state index in [1.165, 1.54) is 53.2 Å². The summed E-state index contributed by atoms with van der Waals surface area (Å²) in [4.78, 5) is 86.9. The number of aryl methyl sites for hydroxylation is 1. The molecule has 5 bridgehead atoms. The third-order valence-corrected chi connectivity index (χ3v) is 12.8. The number of hydrogen-bond acceptors (Lipinski definition) is 14. The van der Waals surface area contributed by atoms with Gasteiger partial charge in [-0.25, -0.2) is 4.79 Å². The highest BCUT2D eigenvalue weighted by Gasteiger charge is 2.53. The number of Topliss-reactive ketones (excluding diaryl/α,β-unsaturated/α-hetero) is 3. The van der Waals surface area contributed by atoms with Crippen LogP contribution in [0.1, 0.15) is 114 Å². The molecule has 2 aromatic carbocycles. The number of fused-ring (bicyclic) bond motifs is 14. The molecule has 9 atom stereocenters. The number of rotatable bonds is 5. The van der Waals surface area contributed by atoms with Gasteiger partial charge in [0.2, 0.25) is 11.6 Å². The van der Waals surface area contributed by atoms with Crippen molar-refractivity contribution in [2.45, 2.75) is 105 Å². The molecule has 2 aromatic rings. The Morgan fingerprint density at radius 1 is 0.859 bits per heavy atom. The first-order valence-electron chi connectivity index (χ1n) is 21.6. The summed E-state index contributed by atoms with van der Waals surface area (Å²) in [6, 6.07) is 6.53. The summed E-state index contributed by atoms with van der Waals surface area (Å²) < 4.78 is 29.9. The molecule has 5 aliphatic rings. The van der Waals surface area contributed by atoms with E-state index in [2.05, 4.69) is 5.32 Å². The fourth-order valence-corrected chi connectivity index (χ4v) is 8.87. The number of aliphatic hydroxyl groups excluding tert-OH is 2. The molecule has 64 heavy (non-hydrogen) atoms. The zero-order valence-corrected chi connectivity index (χ0v) is 38.0. The van der Waals surface area contributed by atoms with Gasteiger partial charge < -0.3 is 44.1 Å². The number of aliphatic hydroxyl groups is 2. The first-order valence-corrected chi connectivity index (χ1v) is 21.6. The molecular formula is C49H58N2O13. The molecule has 0 spiro atoms. The van der Waals surface area contributed by atoms with Crippen LogP contribution in [0.4, 0.5) is 0 Å². The largest absolute Gasteiger partial charge is 0.462 e. The predicted octanol–water partition coefficient (Wildman–Crippen LogP) is 5.88. The molecule has 15 nitrogen and oxygen atoms in total. The number of allylic oxidation sites excluding steroid dienone is 4. The van der Waals surface area contributed by atoms with Gasteiger partial charge in [-0.2, -0.15) is 0 Å². The van der Waals surface area contributed by atoms with Crippen LogP contribution in [0, 0.1) is 37.5 Å². The lowest BCUT2D eigenvalue weighted by atomic mass is 9.78. The van der Waals surface area contributed by atoms with Crippen molar-refractivity contribution in [3.63, 3.8) is 0 Å². The van der Waals surface area contributed by atoms with Crippen molar-refractivity contribution in [1.82, 2.24) is 10.2 Å². The summed E-state index contributed by atoms with van der Waals surface area (Å²) in [7, 11) is 1.43. The molecule has 4 aliphatic heterocycles. The van der Waals surface area contributed by atoms with Gasteiger partial charge >= 0.3 is 17.7 Å². The molecule has 1 aliphatic carbocycles. The third kappa shape index (κ3) is 9.06. The van der Waals surface area contributed by atoms with Gasteiger partial charge in [-0.3, -0.25) is 24.0 Å². The Bertz CT molecular complexity index is 2350. The van der Waals surface area contributed by atoms with Crippen molar-refractivity contribution >= 4 is 35.2 Å². The number of esters is 2. The highest BCUT2D eigenvalue weighted by atomic mass is 16.7. The van der Waals surface area contributed by atoms with Crippen molar-refractivity contribution in [3.8, 4) is 11.5 Å². The molecule has 342 valence electrons. The van der Waals surface area contributed by atoms with E-state index in [0.29, 0.717) is 25.9 Å². The Morgan fingerprint density at radius 3 is 2.14 bits per heavy atom. The smallest absolute Gasteiger partial charge is 0.343 e. The quantitative estimate of drug-likeness (QED) is 0.237. The first-order chi connectivity index (χ1) is 30.2. The van der Waals surface area contributed by atoms with E-state index >= 15 is 9.59 Å². The second kappa shape index (κ2) is 19.1. The topological polar surface area (TPSA) is 204 Å². The number of likely N-dealkylation sites (tertiary alicyclic amines) is 1. The van der Waals surface area contributed by atoms with Gasteiger partial charge in [0.25, 0.3) is 11.7 Å². The van der Waals surface area contributed by atoms with E-state index in [1.807, 2.05) is 6.92 Å². The molecule has 0 saturated carbocycles. The van der Waals surface area contributed by atoms with E-state index in [0.717, 1.165) is 5.56 Å². The van der Waals surface area contributed by atoms with Crippen molar-refractivity contribution in [2.75, 3.05) is 20.2 Å². The zero-order valence-electron chi connectivity index (χ0n) is 38.0. The number of carbonyl (C=O) groups is 6. The summed E-state index contributed by atoms with van der Waals surface area (Å²) >= 11 is 0. The second-order valence-corrected chi connectivity index (χ2v) is 17.4. The average molecular weight is 883 g/mol. The number of hydrogen-bond donors (Lipinski definition) is 3. The van der Waals surface area contributed by atoms with Crippen LogP contribution in [0.2, 0.25) is 0 Å². The van der Waals surface area contributed by atoms with Crippen LogP contribution in [0.25, 0.3) is 0 Å². The average Bonchev–Trinajstić information content (AvgIpc) is 3.89. The molecule has 4 heterocycles. The zero-order chi connectivity index (χ0) is 46.9. The molecule has 15 heteroatoms. The van der Waals surface area contributed by atoms with E-state index in [1.54, 1.807) is 69.0 Å². The number of nitrogens with one attached hydrogen (secondary N) is 1. The summed E-state index contributed by atoms with van der Waals surface area (Å²) in [5.41, 5.74) is -0.259.